The predicted octanol–water partition coefficient (Wildman–Crippen LogP) is 2.34. The normalized spacial score (nSPS) is 10.3. The van der Waals surface area contributed by atoms with Gasteiger partial charge in [0.2, 0.25) is 0 Å². The molecule has 0 spiro atoms. The van der Waals surface area contributed by atoms with Crippen molar-refractivity contribution in [3.8, 4) is 17.2 Å². The van der Waals surface area contributed by atoms with Crippen LogP contribution in [0.2, 0.25) is 0 Å². The van der Waals surface area contributed by atoms with Gasteiger partial charge in [0.15, 0.2) is 5.78 Å². The fourth-order valence-corrected chi connectivity index (χ4v) is 1.64. The lowest BCUT2D eigenvalue weighted by atomic mass is 10.00. The third kappa shape index (κ3) is 2.13. The van der Waals surface area contributed by atoms with Gasteiger partial charge in [0.05, 0.1) is 5.56 Å². The molecule has 0 heterocycles. The Kier molecular flexibility index (Phi) is 2.93. The molecular weight excluding hydrogens is 232 g/mol. The Morgan fingerprint density at radius 2 is 1.56 bits per heavy atom. The Bertz CT molecular complexity index is 600. The highest BCUT2D eigenvalue weighted by Gasteiger charge is 2.15. The highest BCUT2D eigenvalue weighted by molar-refractivity contribution is 6.10. The topological polar surface area (TPSA) is 77.8 Å². The number of rotatable bonds is 2. The first-order valence-electron chi connectivity index (χ1n) is 5.35. The van der Waals surface area contributed by atoms with Crippen LogP contribution in [0.5, 0.6) is 17.2 Å². The lowest BCUT2D eigenvalue weighted by molar-refractivity contribution is 0.103. The van der Waals surface area contributed by atoms with Crippen molar-refractivity contribution >= 4 is 5.78 Å². The number of carbonyl (C=O) groups is 1. The summed E-state index contributed by atoms with van der Waals surface area (Å²) in [7, 11) is 0. The second kappa shape index (κ2) is 4.41. The maximum Gasteiger partial charge on any atom is 0.196 e. The van der Waals surface area contributed by atoms with Crippen LogP contribution in [0.1, 0.15) is 21.5 Å². The number of ketones is 1. The maximum absolute atomic E-state index is 12.1. The molecule has 0 radical (unpaired) electrons. The van der Waals surface area contributed by atoms with Crippen LogP contribution < -0.4 is 0 Å². The van der Waals surface area contributed by atoms with E-state index < -0.39 is 0 Å². The van der Waals surface area contributed by atoms with Gasteiger partial charge in [0, 0.05) is 11.6 Å². The van der Waals surface area contributed by atoms with Crippen molar-refractivity contribution in [1.29, 1.82) is 0 Å². The smallest absolute Gasteiger partial charge is 0.196 e. The molecule has 0 saturated heterocycles. The van der Waals surface area contributed by atoms with E-state index in [1.807, 2.05) is 0 Å². The first kappa shape index (κ1) is 12.0. The average molecular weight is 244 g/mol. The Hall–Kier alpha value is -2.49. The summed E-state index contributed by atoms with van der Waals surface area (Å²) in [6.45, 7) is 1.64. The van der Waals surface area contributed by atoms with Crippen molar-refractivity contribution in [1.82, 2.24) is 0 Å². The van der Waals surface area contributed by atoms with Crippen LogP contribution in [0, 0.1) is 6.92 Å². The summed E-state index contributed by atoms with van der Waals surface area (Å²) in [5.41, 5.74) is 0.985. The van der Waals surface area contributed by atoms with Gasteiger partial charge < -0.3 is 15.3 Å². The summed E-state index contributed by atoms with van der Waals surface area (Å²) in [6.07, 6.45) is 0. The molecule has 92 valence electrons. The number of phenolic OH excluding ortho intramolecular Hbond substituents is 3. The Morgan fingerprint density at radius 3 is 2.17 bits per heavy atom. The number of benzene rings is 2. The predicted molar refractivity (Wildman–Crippen MR) is 66.0 cm³/mol. The molecule has 3 N–H and O–H groups in total. The van der Waals surface area contributed by atoms with Gasteiger partial charge in [-0.05, 0) is 42.8 Å². The molecule has 2 rings (SSSR count). The first-order valence-corrected chi connectivity index (χ1v) is 5.35. The SMILES string of the molecule is Cc1cc(C(=O)c2ccc(O)cc2)c(O)cc1O. The molecule has 0 fully saturated rings. The third-order valence-corrected chi connectivity index (χ3v) is 2.69. The number of aromatic hydroxyl groups is 3. The van der Waals surface area contributed by atoms with E-state index in [1.165, 1.54) is 30.3 Å². The summed E-state index contributed by atoms with van der Waals surface area (Å²) >= 11 is 0. The Morgan fingerprint density at radius 1 is 0.944 bits per heavy atom. The molecule has 0 bridgehead atoms. The molecule has 0 amide bonds. The Labute approximate surface area is 104 Å². The highest BCUT2D eigenvalue weighted by Crippen LogP contribution is 2.28. The van der Waals surface area contributed by atoms with E-state index in [0.29, 0.717) is 11.1 Å². The van der Waals surface area contributed by atoms with E-state index in [9.17, 15) is 15.0 Å². The molecule has 0 aliphatic heterocycles. The lowest BCUT2D eigenvalue weighted by Gasteiger charge is -2.07. The van der Waals surface area contributed by atoms with Crippen LogP contribution in [-0.2, 0) is 0 Å². The van der Waals surface area contributed by atoms with Crippen molar-refractivity contribution in [2.45, 2.75) is 6.92 Å². The molecule has 2 aromatic carbocycles. The molecule has 2 aromatic rings. The number of hydrogen-bond donors (Lipinski definition) is 3. The second-order valence-electron chi connectivity index (χ2n) is 4.03. The Balaban J connectivity index is 2.46. The number of aryl methyl sites for hydroxylation is 1. The van der Waals surface area contributed by atoms with Crippen molar-refractivity contribution in [3.05, 3.63) is 53.1 Å². The van der Waals surface area contributed by atoms with Crippen LogP contribution in [-0.4, -0.2) is 21.1 Å². The van der Waals surface area contributed by atoms with Crippen molar-refractivity contribution < 1.29 is 20.1 Å². The zero-order valence-corrected chi connectivity index (χ0v) is 9.71. The average Bonchev–Trinajstić information content (AvgIpc) is 2.34. The molecular formula is C14H12O4. The number of phenols is 3. The van der Waals surface area contributed by atoms with Gasteiger partial charge in [0.1, 0.15) is 17.2 Å². The van der Waals surface area contributed by atoms with E-state index >= 15 is 0 Å². The number of carbonyl (C=O) groups excluding carboxylic acids is 1. The molecule has 4 nitrogen and oxygen atoms in total. The highest BCUT2D eigenvalue weighted by atomic mass is 16.3. The fraction of sp³-hybridized carbons (Fsp3) is 0.0714. The lowest BCUT2D eigenvalue weighted by Crippen LogP contribution is -2.02. The minimum atomic E-state index is -0.365. The summed E-state index contributed by atoms with van der Waals surface area (Å²) < 4.78 is 0. The molecule has 0 unspecified atom stereocenters. The molecule has 4 heteroatoms. The first-order chi connectivity index (χ1) is 8.49. The standard InChI is InChI=1S/C14H12O4/c1-8-6-11(13(17)7-12(8)16)14(18)9-2-4-10(15)5-3-9/h2-7,15-17H,1H3. The number of hydrogen-bond acceptors (Lipinski definition) is 4. The van der Waals surface area contributed by atoms with Gasteiger partial charge in [-0.3, -0.25) is 4.79 Å². The van der Waals surface area contributed by atoms with Gasteiger partial charge in [0.25, 0.3) is 0 Å². The fourth-order valence-electron chi connectivity index (χ4n) is 1.64. The van der Waals surface area contributed by atoms with Crippen molar-refractivity contribution in [2.24, 2.45) is 0 Å². The minimum Gasteiger partial charge on any atom is -0.508 e. The maximum atomic E-state index is 12.1. The molecule has 0 aromatic heterocycles. The van der Waals surface area contributed by atoms with Crippen molar-refractivity contribution in [3.63, 3.8) is 0 Å². The van der Waals surface area contributed by atoms with Crippen LogP contribution in [0.15, 0.2) is 36.4 Å². The van der Waals surface area contributed by atoms with E-state index in [2.05, 4.69) is 0 Å². The third-order valence-electron chi connectivity index (χ3n) is 2.69. The van der Waals surface area contributed by atoms with Gasteiger partial charge >= 0.3 is 0 Å². The summed E-state index contributed by atoms with van der Waals surface area (Å²) in [5, 5.41) is 28.2. The largest absolute Gasteiger partial charge is 0.508 e. The molecule has 0 atom stereocenters. The van der Waals surface area contributed by atoms with Crippen LogP contribution in [0.4, 0.5) is 0 Å². The molecule has 18 heavy (non-hydrogen) atoms. The van der Waals surface area contributed by atoms with Crippen LogP contribution >= 0.6 is 0 Å². The van der Waals surface area contributed by atoms with E-state index in [4.69, 9.17) is 5.11 Å². The van der Waals surface area contributed by atoms with Gasteiger partial charge in [-0.2, -0.15) is 0 Å². The molecule has 0 aliphatic carbocycles. The monoisotopic (exact) mass is 244 g/mol. The van der Waals surface area contributed by atoms with E-state index in [0.717, 1.165) is 6.07 Å². The summed E-state index contributed by atoms with van der Waals surface area (Å²) in [4.78, 5) is 12.1. The molecule has 0 aliphatic rings. The zero-order chi connectivity index (χ0) is 13.3. The van der Waals surface area contributed by atoms with Gasteiger partial charge in [-0.1, -0.05) is 0 Å². The molecule has 0 saturated carbocycles. The van der Waals surface area contributed by atoms with Crippen LogP contribution in [0.25, 0.3) is 0 Å². The van der Waals surface area contributed by atoms with E-state index in [1.54, 1.807) is 6.92 Å². The van der Waals surface area contributed by atoms with Crippen molar-refractivity contribution in [2.75, 3.05) is 0 Å². The summed E-state index contributed by atoms with van der Waals surface area (Å²) in [6, 6.07) is 8.32. The quantitative estimate of drug-likeness (QED) is 0.708. The minimum absolute atomic E-state index is 0.0604. The van der Waals surface area contributed by atoms with Gasteiger partial charge in [-0.25, -0.2) is 0 Å². The second-order valence-corrected chi connectivity index (χ2v) is 4.03. The summed E-state index contributed by atoms with van der Waals surface area (Å²) in [5.74, 6) is -0.626. The zero-order valence-electron chi connectivity index (χ0n) is 9.71. The van der Waals surface area contributed by atoms with Gasteiger partial charge in [-0.15, -0.1) is 0 Å². The van der Waals surface area contributed by atoms with Crippen LogP contribution in [0.3, 0.4) is 0 Å². The van der Waals surface area contributed by atoms with E-state index in [-0.39, 0.29) is 28.6 Å².